The molecule has 0 radical (unpaired) electrons. The lowest BCUT2D eigenvalue weighted by molar-refractivity contribution is -0.126. The molecule has 0 fully saturated rings. The number of nitrogens with zero attached hydrogens (tertiary/aromatic N) is 2. The number of carbonyl (C=O) groups is 1. The van der Waals surface area contributed by atoms with Crippen molar-refractivity contribution in [2.45, 2.75) is 52.6 Å². The third kappa shape index (κ3) is 3.18. The predicted octanol–water partition coefficient (Wildman–Crippen LogP) is 3.79. The molecule has 1 amide bonds. The van der Waals surface area contributed by atoms with E-state index in [0.29, 0.717) is 11.8 Å². The summed E-state index contributed by atoms with van der Waals surface area (Å²) in [6, 6.07) is 7.23. The monoisotopic (exact) mass is 357 g/mol. The van der Waals surface area contributed by atoms with Crippen molar-refractivity contribution in [1.82, 2.24) is 15.1 Å². The predicted molar refractivity (Wildman–Crippen MR) is 103 cm³/mol. The molecule has 2 aromatic heterocycles. The number of fused-ring (bicyclic) bond motifs is 3. The quantitative estimate of drug-likeness (QED) is 0.776. The third-order valence-corrected chi connectivity index (χ3v) is 5.37. The Morgan fingerprint density at radius 2 is 2.00 bits per heavy atom. The van der Waals surface area contributed by atoms with Gasteiger partial charge in [-0.05, 0) is 40.2 Å². The average Bonchev–Trinajstić information content (AvgIpc) is 2.91. The van der Waals surface area contributed by atoms with Crippen molar-refractivity contribution in [3.05, 3.63) is 40.3 Å². The Kier molecular flexibility index (Phi) is 4.41. The van der Waals surface area contributed by atoms with Crippen molar-refractivity contribution >= 4 is 37.4 Å². The van der Waals surface area contributed by atoms with E-state index in [1.54, 1.807) is 11.3 Å². The Hall–Kier alpha value is -2.21. The fraction of sp³-hybridized carbons (Fsp3) is 0.421. The van der Waals surface area contributed by atoms with E-state index in [9.17, 15) is 9.59 Å². The van der Waals surface area contributed by atoms with E-state index >= 15 is 0 Å². The van der Waals surface area contributed by atoms with Gasteiger partial charge in [0.15, 0.2) is 0 Å². The molecule has 6 heteroatoms. The van der Waals surface area contributed by atoms with E-state index < -0.39 is 6.04 Å². The van der Waals surface area contributed by atoms with Gasteiger partial charge >= 0.3 is 0 Å². The Morgan fingerprint density at radius 3 is 2.64 bits per heavy atom. The van der Waals surface area contributed by atoms with Gasteiger partial charge in [-0.25, -0.2) is 4.68 Å². The number of thiophene rings is 1. The number of hydrogen-bond acceptors (Lipinski definition) is 4. The van der Waals surface area contributed by atoms with Gasteiger partial charge in [-0.15, -0.1) is 11.3 Å². The molecule has 1 N–H and O–H groups in total. The third-order valence-electron chi connectivity index (χ3n) is 4.09. The Bertz CT molecular complexity index is 1010. The second-order valence-electron chi connectivity index (χ2n) is 7.30. The number of aromatic nitrogens is 2. The van der Waals surface area contributed by atoms with Crippen molar-refractivity contribution in [2.75, 3.05) is 0 Å². The van der Waals surface area contributed by atoms with Crippen LogP contribution in [0.1, 0.15) is 45.9 Å². The van der Waals surface area contributed by atoms with E-state index in [0.717, 1.165) is 20.5 Å². The second-order valence-corrected chi connectivity index (χ2v) is 8.35. The highest BCUT2D eigenvalue weighted by Crippen LogP contribution is 2.33. The molecule has 1 aromatic carbocycles. The van der Waals surface area contributed by atoms with Crippen LogP contribution in [0.15, 0.2) is 29.1 Å². The summed E-state index contributed by atoms with van der Waals surface area (Å²) in [6.45, 7) is 9.56. The minimum atomic E-state index is -0.617. The number of rotatable bonds is 3. The molecule has 3 aromatic rings. The van der Waals surface area contributed by atoms with Crippen LogP contribution >= 0.6 is 11.3 Å². The molecule has 3 rings (SSSR count). The maximum atomic E-state index is 13.2. The molecule has 0 saturated heterocycles. The Labute approximate surface area is 150 Å². The van der Waals surface area contributed by atoms with E-state index in [1.165, 1.54) is 4.68 Å². The first-order chi connectivity index (χ1) is 11.7. The van der Waals surface area contributed by atoms with Gasteiger partial charge in [0.25, 0.3) is 5.56 Å². The Morgan fingerprint density at radius 1 is 1.32 bits per heavy atom. The van der Waals surface area contributed by atoms with Crippen LogP contribution in [0.5, 0.6) is 0 Å². The van der Waals surface area contributed by atoms with Crippen LogP contribution in [-0.2, 0) is 4.79 Å². The summed E-state index contributed by atoms with van der Waals surface area (Å²) < 4.78 is 3.32. The van der Waals surface area contributed by atoms with Crippen LogP contribution in [0, 0.1) is 6.92 Å². The fourth-order valence-corrected chi connectivity index (χ4v) is 4.15. The summed E-state index contributed by atoms with van der Waals surface area (Å²) in [4.78, 5) is 25.8. The zero-order valence-corrected chi connectivity index (χ0v) is 16.0. The van der Waals surface area contributed by atoms with Crippen LogP contribution in [0.4, 0.5) is 0 Å². The van der Waals surface area contributed by atoms with Crippen molar-refractivity contribution < 1.29 is 4.79 Å². The fourth-order valence-electron chi connectivity index (χ4n) is 3.01. The number of hydrogen-bond donors (Lipinski definition) is 1. The van der Waals surface area contributed by atoms with Crippen LogP contribution in [-0.4, -0.2) is 21.2 Å². The van der Waals surface area contributed by atoms with Gasteiger partial charge in [0.1, 0.15) is 6.04 Å². The van der Waals surface area contributed by atoms with Crippen molar-refractivity contribution in [3.63, 3.8) is 0 Å². The zero-order valence-electron chi connectivity index (χ0n) is 15.2. The molecule has 2 heterocycles. The number of amides is 1. The van der Waals surface area contributed by atoms with Gasteiger partial charge in [0, 0.05) is 15.6 Å². The second kappa shape index (κ2) is 6.26. The van der Waals surface area contributed by atoms with E-state index in [2.05, 4.69) is 10.4 Å². The molecular formula is C19H23N3O2S. The largest absolute Gasteiger partial charge is 0.350 e. The smallest absolute Gasteiger partial charge is 0.276 e. The van der Waals surface area contributed by atoms with Crippen LogP contribution in [0.3, 0.4) is 0 Å². The molecule has 1 atom stereocenters. The molecule has 132 valence electrons. The molecule has 5 nitrogen and oxygen atoms in total. The standard InChI is InChI=1S/C19H23N3O2S/c1-6-13(17(23)20-19(3,4)5)22-18(24)15-12-9-7-8-10-14(12)25-16(15)11(2)21-22/h7-10,13H,6H2,1-5H3,(H,20,23). The lowest BCUT2D eigenvalue weighted by Gasteiger charge is -2.25. The molecule has 0 bridgehead atoms. The summed E-state index contributed by atoms with van der Waals surface area (Å²) in [6.07, 6.45) is 0.502. The first-order valence-corrected chi connectivity index (χ1v) is 9.27. The molecule has 0 aliphatic rings. The first kappa shape index (κ1) is 17.6. The number of aryl methyl sites for hydroxylation is 1. The zero-order chi connectivity index (χ0) is 18.4. The summed E-state index contributed by atoms with van der Waals surface area (Å²) in [7, 11) is 0. The van der Waals surface area contributed by atoms with E-state index in [-0.39, 0.29) is 17.0 Å². The normalized spacial score (nSPS) is 13.3. The van der Waals surface area contributed by atoms with Crippen molar-refractivity contribution in [3.8, 4) is 0 Å². The van der Waals surface area contributed by atoms with Crippen LogP contribution in [0.2, 0.25) is 0 Å². The van der Waals surface area contributed by atoms with Gasteiger partial charge in [0.2, 0.25) is 5.91 Å². The molecule has 0 saturated carbocycles. The van der Waals surface area contributed by atoms with Gasteiger partial charge in [-0.2, -0.15) is 5.10 Å². The van der Waals surface area contributed by atoms with Gasteiger partial charge < -0.3 is 5.32 Å². The Balaban J connectivity index is 2.22. The van der Waals surface area contributed by atoms with E-state index in [1.807, 2.05) is 58.9 Å². The first-order valence-electron chi connectivity index (χ1n) is 8.45. The lowest BCUT2D eigenvalue weighted by Crippen LogP contribution is -2.46. The maximum Gasteiger partial charge on any atom is 0.276 e. The molecule has 25 heavy (non-hydrogen) atoms. The number of nitrogens with one attached hydrogen (secondary N) is 1. The highest BCUT2D eigenvalue weighted by atomic mass is 32.1. The average molecular weight is 357 g/mol. The molecule has 0 aliphatic heterocycles. The molecule has 0 spiro atoms. The van der Waals surface area contributed by atoms with E-state index in [4.69, 9.17) is 0 Å². The van der Waals surface area contributed by atoms with Crippen molar-refractivity contribution in [2.24, 2.45) is 0 Å². The lowest BCUT2D eigenvalue weighted by atomic mass is 10.1. The van der Waals surface area contributed by atoms with Crippen LogP contribution < -0.4 is 10.9 Å². The minimum absolute atomic E-state index is 0.178. The highest BCUT2D eigenvalue weighted by molar-refractivity contribution is 7.26. The molecule has 1 unspecified atom stereocenters. The van der Waals surface area contributed by atoms with Gasteiger partial charge in [-0.1, -0.05) is 25.1 Å². The SMILES string of the molecule is CCC(C(=O)NC(C)(C)C)n1nc(C)c2sc3ccccc3c2c1=O. The van der Waals surface area contributed by atoms with Gasteiger partial charge in [0.05, 0.1) is 15.8 Å². The number of benzene rings is 1. The number of carbonyl (C=O) groups excluding carboxylic acids is 1. The molecule has 0 aliphatic carbocycles. The summed E-state index contributed by atoms with van der Waals surface area (Å²) in [5.74, 6) is -0.178. The minimum Gasteiger partial charge on any atom is -0.350 e. The summed E-state index contributed by atoms with van der Waals surface area (Å²) in [5.41, 5.74) is 0.217. The van der Waals surface area contributed by atoms with Crippen molar-refractivity contribution in [1.29, 1.82) is 0 Å². The van der Waals surface area contributed by atoms with Gasteiger partial charge in [-0.3, -0.25) is 9.59 Å². The topological polar surface area (TPSA) is 64.0 Å². The van der Waals surface area contributed by atoms with Crippen LogP contribution in [0.25, 0.3) is 20.2 Å². The molecular weight excluding hydrogens is 334 g/mol. The highest BCUT2D eigenvalue weighted by Gasteiger charge is 2.26. The maximum absolute atomic E-state index is 13.2. The summed E-state index contributed by atoms with van der Waals surface area (Å²) in [5, 5.41) is 9.02. The summed E-state index contributed by atoms with van der Waals surface area (Å²) >= 11 is 1.57.